The van der Waals surface area contributed by atoms with Crippen LogP contribution in [-0.4, -0.2) is 15.0 Å². The minimum atomic E-state index is -2.66. The Hall–Kier alpha value is -2.80. The van der Waals surface area contributed by atoms with Gasteiger partial charge in [0.05, 0.1) is 15.4 Å². The van der Waals surface area contributed by atoms with Crippen LogP contribution in [0.4, 0.5) is 5.69 Å². The van der Waals surface area contributed by atoms with E-state index >= 15 is 0 Å². The minimum absolute atomic E-state index is 0.0423. The van der Waals surface area contributed by atoms with Crippen molar-refractivity contribution in [3.8, 4) is 0 Å². The monoisotopic (exact) mass is 274 g/mol. The van der Waals surface area contributed by atoms with Crippen molar-refractivity contribution in [1.29, 1.82) is 0 Å². The van der Waals surface area contributed by atoms with E-state index in [9.17, 15) is 25.3 Å². The summed E-state index contributed by atoms with van der Waals surface area (Å²) >= 11 is 0. The molecular weight excluding hydrogens is 264 g/mol. The number of para-hydroxylation sites is 1. The lowest BCUT2D eigenvalue weighted by atomic mass is 9.93. The van der Waals surface area contributed by atoms with Gasteiger partial charge in [0.1, 0.15) is 5.56 Å². The molecule has 0 spiro atoms. The number of benzene rings is 2. The van der Waals surface area contributed by atoms with Gasteiger partial charge in [-0.05, 0) is 18.2 Å². The van der Waals surface area contributed by atoms with Crippen molar-refractivity contribution >= 4 is 5.69 Å². The van der Waals surface area contributed by atoms with Crippen LogP contribution in [0.3, 0.4) is 0 Å². The lowest BCUT2D eigenvalue weighted by Crippen LogP contribution is -2.37. The molecular formula is C13H10N2O5. The predicted molar refractivity (Wildman–Crippen MR) is 69.5 cm³/mol. The molecule has 7 heteroatoms. The topological polar surface area (TPSA) is 107 Å². The molecule has 0 bridgehead atoms. The van der Waals surface area contributed by atoms with Crippen LogP contribution in [0, 0.1) is 20.2 Å². The SMILES string of the molecule is O=[N+]([O-])c1ccccc1C(O)(c1ccccc1)[N+](=O)[O-]. The number of hydrogen-bond donors (Lipinski definition) is 1. The van der Waals surface area contributed by atoms with Crippen molar-refractivity contribution in [3.63, 3.8) is 0 Å². The fraction of sp³-hybridized carbons (Fsp3) is 0.0769. The summed E-state index contributed by atoms with van der Waals surface area (Å²) < 4.78 is 0. The van der Waals surface area contributed by atoms with Crippen molar-refractivity contribution in [3.05, 3.63) is 86.0 Å². The van der Waals surface area contributed by atoms with Crippen LogP contribution in [0.1, 0.15) is 11.1 Å². The second-order valence-electron chi connectivity index (χ2n) is 4.07. The molecule has 0 amide bonds. The summed E-state index contributed by atoms with van der Waals surface area (Å²) in [6, 6.07) is 12.4. The van der Waals surface area contributed by atoms with E-state index in [1.807, 2.05) is 0 Å². The molecule has 0 fully saturated rings. The summed E-state index contributed by atoms with van der Waals surface area (Å²) in [4.78, 5) is 20.6. The molecule has 0 saturated carbocycles. The minimum Gasteiger partial charge on any atom is -0.323 e. The second kappa shape index (κ2) is 5.06. The zero-order chi connectivity index (χ0) is 14.8. The molecule has 0 aliphatic heterocycles. The number of hydrogen-bond acceptors (Lipinski definition) is 5. The molecule has 7 nitrogen and oxygen atoms in total. The first-order valence-electron chi connectivity index (χ1n) is 5.64. The van der Waals surface area contributed by atoms with E-state index in [-0.39, 0.29) is 11.1 Å². The third-order valence-electron chi connectivity index (χ3n) is 2.92. The van der Waals surface area contributed by atoms with Crippen LogP contribution in [0.25, 0.3) is 0 Å². The molecule has 1 atom stereocenters. The summed E-state index contributed by atoms with van der Waals surface area (Å²) in [5, 5.41) is 32.8. The number of nitrogens with zero attached hydrogens (tertiary/aromatic N) is 2. The van der Waals surface area contributed by atoms with E-state index in [1.165, 1.54) is 42.5 Å². The van der Waals surface area contributed by atoms with E-state index in [4.69, 9.17) is 0 Å². The van der Waals surface area contributed by atoms with Crippen molar-refractivity contribution in [1.82, 2.24) is 0 Å². The van der Waals surface area contributed by atoms with Gasteiger partial charge in [-0.1, -0.05) is 30.3 Å². The highest BCUT2D eigenvalue weighted by molar-refractivity contribution is 5.47. The molecule has 102 valence electrons. The third-order valence-corrected chi connectivity index (χ3v) is 2.92. The highest BCUT2D eigenvalue weighted by Crippen LogP contribution is 2.35. The Morgan fingerprint density at radius 1 is 0.900 bits per heavy atom. The average Bonchev–Trinajstić information content (AvgIpc) is 2.47. The van der Waals surface area contributed by atoms with Crippen molar-refractivity contribution in [2.45, 2.75) is 5.72 Å². The van der Waals surface area contributed by atoms with E-state index in [1.54, 1.807) is 6.07 Å². The van der Waals surface area contributed by atoms with Crippen LogP contribution in [0.5, 0.6) is 0 Å². The maximum atomic E-state index is 11.3. The maximum absolute atomic E-state index is 11.3. The molecule has 0 saturated heterocycles. The quantitative estimate of drug-likeness (QED) is 0.521. The molecule has 2 rings (SSSR count). The Morgan fingerprint density at radius 3 is 2.00 bits per heavy atom. The summed E-state index contributed by atoms with van der Waals surface area (Å²) in [7, 11) is 0. The molecule has 0 aromatic heterocycles. The van der Waals surface area contributed by atoms with E-state index in [2.05, 4.69) is 0 Å². The normalized spacial score (nSPS) is 13.4. The predicted octanol–water partition coefficient (Wildman–Crippen LogP) is 2.06. The molecule has 0 heterocycles. The van der Waals surface area contributed by atoms with Gasteiger partial charge in [-0.3, -0.25) is 20.2 Å². The van der Waals surface area contributed by atoms with Gasteiger partial charge in [0.2, 0.25) is 0 Å². The standard InChI is InChI=1S/C13H10N2O5/c16-13(15(19)20,10-6-2-1-3-7-10)11-8-4-5-9-12(11)14(17)18/h1-9,16H. The van der Waals surface area contributed by atoms with Gasteiger partial charge in [0, 0.05) is 6.07 Å². The first-order chi connectivity index (χ1) is 9.48. The zero-order valence-electron chi connectivity index (χ0n) is 10.2. The lowest BCUT2D eigenvalue weighted by molar-refractivity contribution is -0.622. The zero-order valence-corrected chi connectivity index (χ0v) is 10.2. The van der Waals surface area contributed by atoms with Crippen molar-refractivity contribution in [2.75, 3.05) is 0 Å². The van der Waals surface area contributed by atoms with Crippen LogP contribution in [0.2, 0.25) is 0 Å². The average molecular weight is 274 g/mol. The Kier molecular flexibility index (Phi) is 3.45. The highest BCUT2D eigenvalue weighted by atomic mass is 16.7. The van der Waals surface area contributed by atoms with Crippen LogP contribution in [-0.2, 0) is 5.72 Å². The summed E-state index contributed by atoms with van der Waals surface area (Å²) in [5.74, 6) is 0. The summed E-state index contributed by atoms with van der Waals surface area (Å²) in [6.45, 7) is 0. The molecule has 0 radical (unpaired) electrons. The van der Waals surface area contributed by atoms with Crippen LogP contribution >= 0.6 is 0 Å². The summed E-state index contributed by atoms with van der Waals surface area (Å²) in [6.07, 6.45) is 0. The number of aliphatic hydroxyl groups is 1. The molecule has 0 aliphatic carbocycles. The third kappa shape index (κ3) is 2.10. The van der Waals surface area contributed by atoms with Crippen LogP contribution < -0.4 is 0 Å². The summed E-state index contributed by atoms with van der Waals surface area (Å²) in [5.41, 5.74) is -3.58. The first kappa shape index (κ1) is 13.6. The molecule has 20 heavy (non-hydrogen) atoms. The number of rotatable bonds is 4. The van der Waals surface area contributed by atoms with Gasteiger partial charge in [-0.15, -0.1) is 0 Å². The number of nitro benzene ring substituents is 1. The molecule has 2 aromatic rings. The van der Waals surface area contributed by atoms with Gasteiger partial charge < -0.3 is 5.11 Å². The van der Waals surface area contributed by atoms with Crippen molar-refractivity contribution in [2.24, 2.45) is 0 Å². The van der Waals surface area contributed by atoms with Gasteiger partial charge in [0.15, 0.2) is 0 Å². The Morgan fingerprint density at radius 2 is 1.45 bits per heavy atom. The molecule has 1 N–H and O–H groups in total. The molecule has 2 aromatic carbocycles. The Bertz CT molecular complexity index is 659. The fourth-order valence-corrected chi connectivity index (χ4v) is 1.96. The van der Waals surface area contributed by atoms with Crippen LogP contribution in [0.15, 0.2) is 54.6 Å². The molecule has 1 unspecified atom stereocenters. The smallest absolute Gasteiger partial charge is 0.323 e. The lowest BCUT2D eigenvalue weighted by Gasteiger charge is -2.19. The van der Waals surface area contributed by atoms with Gasteiger partial charge in [0.25, 0.3) is 5.69 Å². The van der Waals surface area contributed by atoms with E-state index < -0.39 is 21.3 Å². The van der Waals surface area contributed by atoms with E-state index in [0.717, 1.165) is 6.07 Å². The van der Waals surface area contributed by atoms with Gasteiger partial charge in [-0.2, -0.15) is 0 Å². The maximum Gasteiger partial charge on any atom is 0.382 e. The Labute approximate surface area is 113 Å². The first-order valence-corrected chi connectivity index (χ1v) is 5.64. The second-order valence-corrected chi connectivity index (χ2v) is 4.07. The van der Waals surface area contributed by atoms with Crippen molar-refractivity contribution < 1.29 is 15.0 Å². The Balaban J connectivity index is 2.73. The van der Waals surface area contributed by atoms with Gasteiger partial charge in [-0.25, -0.2) is 0 Å². The molecule has 0 aliphatic rings. The largest absolute Gasteiger partial charge is 0.382 e. The number of nitro groups is 2. The highest BCUT2D eigenvalue weighted by Gasteiger charge is 2.49. The van der Waals surface area contributed by atoms with Gasteiger partial charge >= 0.3 is 5.72 Å². The fourth-order valence-electron chi connectivity index (χ4n) is 1.96. The van der Waals surface area contributed by atoms with E-state index in [0.29, 0.717) is 0 Å².